The van der Waals surface area contributed by atoms with Crippen LogP contribution in [0.25, 0.3) is 6.08 Å². The number of ketones is 1. The lowest BCUT2D eigenvalue weighted by molar-refractivity contribution is 0.104. The average molecular weight is 413 g/mol. The van der Waals surface area contributed by atoms with E-state index in [0.717, 1.165) is 12.1 Å². The van der Waals surface area contributed by atoms with Gasteiger partial charge in [-0.05, 0) is 66.2 Å². The van der Waals surface area contributed by atoms with Gasteiger partial charge in [-0.3, -0.25) is 9.52 Å². The third kappa shape index (κ3) is 4.99. The van der Waals surface area contributed by atoms with Gasteiger partial charge in [0, 0.05) is 11.3 Å². The zero-order valence-corrected chi connectivity index (χ0v) is 15.7. The number of hydrogen-bond donors (Lipinski definition) is 3. The Morgan fingerprint density at radius 3 is 2.31 bits per heavy atom. The number of hydrogen-bond acceptors (Lipinski definition) is 5. The normalized spacial score (nSPS) is 11.5. The molecule has 148 valence electrons. The summed E-state index contributed by atoms with van der Waals surface area (Å²) >= 11 is 0. The maximum atomic E-state index is 13.3. The van der Waals surface area contributed by atoms with Gasteiger partial charge in [0.05, 0.1) is 4.90 Å². The summed E-state index contributed by atoms with van der Waals surface area (Å²) in [5, 5.41) is 18.7. The Balaban J connectivity index is 1.71. The van der Waals surface area contributed by atoms with Crippen LogP contribution in [0.5, 0.6) is 11.5 Å². The summed E-state index contributed by atoms with van der Waals surface area (Å²) < 4.78 is 40.2. The number of carbonyl (C=O) groups excluding carboxylic acids is 1. The molecule has 0 spiro atoms. The fourth-order valence-corrected chi connectivity index (χ4v) is 3.55. The van der Waals surface area contributed by atoms with Crippen molar-refractivity contribution in [1.29, 1.82) is 0 Å². The van der Waals surface area contributed by atoms with E-state index in [1.54, 1.807) is 0 Å². The molecule has 0 aliphatic rings. The molecule has 0 heterocycles. The van der Waals surface area contributed by atoms with E-state index in [4.69, 9.17) is 0 Å². The first kappa shape index (κ1) is 20.1. The van der Waals surface area contributed by atoms with Crippen LogP contribution < -0.4 is 4.72 Å². The van der Waals surface area contributed by atoms with E-state index in [1.807, 2.05) is 0 Å². The molecular weight excluding hydrogens is 397 g/mol. The quantitative estimate of drug-likeness (QED) is 0.323. The molecule has 0 fully saturated rings. The lowest BCUT2D eigenvalue weighted by Crippen LogP contribution is -2.13. The molecule has 0 aliphatic heterocycles. The number of halogens is 1. The summed E-state index contributed by atoms with van der Waals surface area (Å²) in [5.74, 6) is -1.56. The third-order valence-electron chi connectivity index (χ3n) is 3.95. The fraction of sp³-hybridized carbons (Fsp3) is 0. The molecule has 29 heavy (non-hydrogen) atoms. The lowest BCUT2D eigenvalue weighted by Gasteiger charge is -2.08. The predicted octanol–water partition coefficient (Wildman–Crippen LogP) is 3.93. The predicted molar refractivity (Wildman–Crippen MR) is 107 cm³/mol. The van der Waals surface area contributed by atoms with E-state index in [1.165, 1.54) is 66.7 Å². The van der Waals surface area contributed by atoms with Gasteiger partial charge in [-0.1, -0.05) is 18.2 Å². The molecule has 6 nitrogen and oxygen atoms in total. The van der Waals surface area contributed by atoms with Gasteiger partial charge in [-0.15, -0.1) is 0 Å². The van der Waals surface area contributed by atoms with E-state index in [9.17, 15) is 27.8 Å². The smallest absolute Gasteiger partial charge is 0.261 e. The van der Waals surface area contributed by atoms with Gasteiger partial charge in [0.1, 0.15) is 5.82 Å². The summed E-state index contributed by atoms with van der Waals surface area (Å²) in [6.07, 6.45) is 2.76. The molecule has 0 saturated carbocycles. The van der Waals surface area contributed by atoms with Crippen LogP contribution in [0.15, 0.2) is 77.7 Å². The Labute approximate surface area is 166 Å². The zero-order chi connectivity index (χ0) is 21.0. The molecule has 3 aromatic carbocycles. The maximum Gasteiger partial charge on any atom is 0.261 e. The summed E-state index contributed by atoms with van der Waals surface area (Å²) in [4.78, 5) is 12.0. The zero-order valence-electron chi connectivity index (χ0n) is 14.9. The van der Waals surface area contributed by atoms with Crippen molar-refractivity contribution >= 4 is 27.6 Å². The highest BCUT2D eigenvalue weighted by molar-refractivity contribution is 7.92. The van der Waals surface area contributed by atoms with Crippen LogP contribution in [-0.2, 0) is 10.0 Å². The average Bonchev–Trinajstić information content (AvgIpc) is 2.69. The highest BCUT2D eigenvalue weighted by atomic mass is 32.2. The van der Waals surface area contributed by atoms with Crippen LogP contribution >= 0.6 is 0 Å². The molecular formula is C21H16FNO5S. The number of phenolic OH excluding ortho intramolecular Hbond substituents is 2. The third-order valence-corrected chi connectivity index (χ3v) is 5.33. The van der Waals surface area contributed by atoms with Gasteiger partial charge >= 0.3 is 0 Å². The first-order chi connectivity index (χ1) is 13.7. The molecule has 3 N–H and O–H groups in total. The standard InChI is InChI=1S/C21H16FNO5S/c22-16-2-1-3-18(13-16)29(27,28)23-17-8-6-15(7-9-17)19(24)10-4-14-5-11-20(25)21(26)12-14/h1-13,23,25-26H. The molecule has 3 aromatic rings. The maximum absolute atomic E-state index is 13.3. The highest BCUT2D eigenvalue weighted by Crippen LogP contribution is 2.25. The number of allylic oxidation sites excluding steroid dienone is 1. The second-order valence-corrected chi connectivity index (χ2v) is 7.77. The largest absolute Gasteiger partial charge is 0.504 e. The van der Waals surface area contributed by atoms with Gasteiger partial charge in [0.25, 0.3) is 10.0 Å². The van der Waals surface area contributed by atoms with Gasteiger partial charge in [-0.25, -0.2) is 12.8 Å². The van der Waals surface area contributed by atoms with E-state index >= 15 is 0 Å². The summed E-state index contributed by atoms with van der Waals surface area (Å²) in [7, 11) is -3.96. The van der Waals surface area contributed by atoms with Gasteiger partial charge < -0.3 is 10.2 Å². The van der Waals surface area contributed by atoms with E-state index < -0.39 is 15.8 Å². The topological polar surface area (TPSA) is 104 Å². The van der Waals surface area contributed by atoms with Crippen molar-refractivity contribution in [3.05, 3.63) is 89.8 Å². The SMILES string of the molecule is O=C(C=Cc1ccc(O)c(O)c1)c1ccc(NS(=O)(=O)c2cccc(F)c2)cc1. The fourth-order valence-electron chi connectivity index (χ4n) is 2.46. The summed E-state index contributed by atoms with van der Waals surface area (Å²) in [6, 6.07) is 14.5. The number of phenols is 2. The van der Waals surface area contributed by atoms with Crippen LogP contribution in [-0.4, -0.2) is 24.4 Å². The van der Waals surface area contributed by atoms with Crippen LogP contribution in [0.1, 0.15) is 15.9 Å². The number of sulfonamides is 1. The molecule has 0 radical (unpaired) electrons. The minimum absolute atomic E-state index is 0.210. The van der Waals surface area contributed by atoms with Crippen molar-refractivity contribution in [3.63, 3.8) is 0 Å². The Morgan fingerprint density at radius 1 is 0.931 bits per heavy atom. The number of benzene rings is 3. The molecule has 0 saturated heterocycles. The Bertz CT molecular complexity index is 1190. The van der Waals surface area contributed by atoms with Crippen LogP contribution in [0.2, 0.25) is 0 Å². The molecule has 0 unspecified atom stereocenters. The minimum Gasteiger partial charge on any atom is -0.504 e. The number of aromatic hydroxyl groups is 2. The van der Waals surface area contributed by atoms with Crippen molar-refractivity contribution < 1.29 is 27.8 Å². The molecule has 3 rings (SSSR count). The Hall–Kier alpha value is -3.65. The first-order valence-electron chi connectivity index (χ1n) is 8.37. The summed E-state index contributed by atoms with van der Waals surface area (Å²) in [6.45, 7) is 0. The lowest BCUT2D eigenvalue weighted by atomic mass is 10.1. The molecule has 0 bridgehead atoms. The van der Waals surface area contributed by atoms with Crippen molar-refractivity contribution in [2.75, 3.05) is 4.72 Å². The van der Waals surface area contributed by atoms with Crippen molar-refractivity contribution in [3.8, 4) is 11.5 Å². The van der Waals surface area contributed by atoms with Gasteiger partial charge in [0.2, 0.25) is 0 Å². The van der Waals surface area contributed by atoms with Gasteiger partial charge in [-0.2, -0.15) is 0 Å². The van der Waals surface area contributed by atoms with Crippen molar-refractivity contribution in [1.82, 2.24) is 0 Å². The number of carbonyl (C=O) groups is 1. The van der Waals surface area contributed by atoms with E-state index in [-0.39, 0.29) is 27.9 Å². The molecule has 0 aromatic heterocycles. The molecule has 0 atom stereocenters. The second-order valence-electron chi connectivity index (χ2n) is 6.09. The Kier molecular flexibility index (Phi) is 5.65. The van der Waals surface area contributed by atoms with E-state index in [2.05, 4.69) is 4.72 Å². The second kappa shape index (κ2) is 8.15. The Morgan fingerprint density at radius 2 is 1.66 bits per heavy atom. The van der Waals surface area contributed by atoms with Crippen molar-refractivity contribution in [2.24, 2.45) is 0 Å². The van der Waals surface area contributed by atoms with Gasteiger partial charge in [0.15, 0.2) is 17.3 Å². The molecule has 0 aliphatic carbocycles. The van der Waals surface area contributed by atoms with Crippen LogP contribution in [0.4, 0.5) is 10.1 Å². The van der Waals surface area contributed by atoms with Crippen molar-refractivity contribution in [2.45, 2.75) is 4.90 Å². The molecule has 8 heteroatoms. The number of anilines is 1. The van der Waals surface area contributed by atoms with E-state index in [0.29, 0.717) is 11.1 Å². The minimum atomic E-state index is -3.96. The van der Waals surface area contributed by atoms with Crippen LogP contribution in [0.3, 0.4) is 0 Å². The summed E-state index contributed by atoms with van der Waals surface area (Å²) in [5.41, 5.74) is 1.06. The van der Waals surface area contributed by atoms with Crippen LogP contribution in [0, 0.1) is 5.82 Å². The monoisotopic (exact) mass is 413 g/mol. The highest BCUT2D eigenvalue weighted by Gasteiger charge is 2.15. The number of nitrogens with one attached hydrogen (secondary N) is 1. The molecule has 0 amide bonds. The number of rotatable bonds is 6. The first-order valence-corrected chi connectivity index (χ1v) is 9.86.